The molecule has 1 aliphatic heterocycles. The monoisotopic (exact) mass is 298 g/mol. The third-order valence-corrected chi connectivity index (χ3v) is 4.93. The van der Waals surface area contributed by atoms with Gasteiger partial charge in [-0.2, -0.15) is 0 Å². The molecule has 0 aromatic rings. The third-order valence-electron chi connectivity index (χ3n) is 4.93. The SMILES string of the molecule is CCCC1COC(CCC)(CCC)OC1(CCC)CCC. The van der Waals surface area contributed by atoms with Crippen LogP contribution >= 0.6 is 0 Å². The predicted molar refractivity (Wildman–Crippen MR) is 90.5 cm³/mol. The van der Waals surface area contributed by atoms with Crippen LogP contribution in [0, 0.1) is 5.92 Å². The zero-order chi connectivity index (χ0) is 15.8. The maximum Gasteiger partial charge on any atom is 0.169 e. The summed E-state index contributed by atoms with van der Waals surface area (Å²) in [4.78, 5) is 0. The van der Waals surface area contributed by atoms with Gasteiger partial charge in [-0.3, -0.25) is 0 Å². The molecule has 126 valence electrons. The normalized spacial score (nSPS) is 24.1. The summed E-state index contributed by atoms with van der Waals surface area (Å²) in [6, 6.07) is 0. The molecule has 0 aromatic carbocycles. The first-order chi connectivity index (χ1) is 10.1. The minimum absolute atomic E-state index is 0.0576. The van der Waals surface area contributed by atoms with Crippen molar-refractivity contribution in [2.75, 3.05) is 6.61 Å². The van der Waals surface area contributed by atoms with Gasteiger partial charge < -0.3 is 9.47 Å². The second-order valence-corrected chi connectivity index (χ2v) is 6.87. The van der Waals surface area contributed by atoms with Crippen molar-refractivity contribution in [2.24, 2.45) is 5.92 Å². The Morgan fingerprint density at radius 2 is 1.29 bits per heavy atom. The van der Waals surface area contributed by atoms with E-state index in [4.69, 9.17) is 9.47 Å². The molecule has 0 bridgehead atoms. The lowest BCUT2D eigenvalue weighted by Crippen LogP contribution is -2.57. The van der Waals surface area contributed by atoms with Crippen LogP contribution in [0.2, 0.25) is 0 Å². The lowest BCUT2D eigenvalue weighted by atomic mass is 9.76. The smallest absolute Gasteiger partial charge is 0.169 e. The molecule has 21 heavy (non-hydrogen) atoms. The van der Waals surface area contributed by atoms with E-state index in [-0.39, 0.29) is 11.4 Å². The topological polar surface area (TPSA) is 18.5 Å². The summed E-state index contributed by atoms with van der Waals surface area (Å²) >= 11 is 0. The Bertz CT molecular complexity index is 263. The Labute approximate surface area is 133 Å². The van der Waals surface area contributed by atoms with Crippen molar-refractivity contribution in [3.63, 3.8) is 0 Å². The van der Waals surface area contributed by atoms with E-state index in [2.05, 4.69) is 34.6 Å². The lowest BCUT2D eigenvalue weighted by Gasteiger charge is -2.53. The molecule has 1 fully saturated rings. The fraction of sp³-hybridized carbons (Fsp3) is 1.00. The van der Waals surface area contributed by atoms with Gasteiger partial charge in [0.05, 0.1) is 12.2 Å². The van der Waals surface area contributed by atoms with Crippen molar-refractivity contribution >= 4 is 0 Å². The van der Waals surface area contributed by atoms with Crippen LogP contribution in [-0.2, 0) is 9.47 Å². The van der Waals surface area contributed by atoms with E-state index >= 15 is 0 Å². The molecule has 0 N–H and O–H groups in total. The fourth-order valence-electron chi connectivity index (χ4n) is 4.20. The molecule has 0 aliphatic carbocycles. The molecule has 1 unspecified atom stereocenters. The van der Waals surface area contributed by atoms with Crippen molar-refractivity contribution in [2.45, 2.75) is 110 Å². The van der Waals surface area contributed by atoms with Gasteiger partial charge in [0.1, 0.15) is 0 Å². The predicted octanol–water partition coefficient (Wildman–Crippen LogP) is 6.09. The molecule has 1 saturated heterocycles. The highest BCUT2D eigenvalue weighted by Gasteiger charge is 2.49. The molecular formula is C19H38O2. The van der Waals surface area contributed by atoms with Gasteiger partial charge in [0, 0.05) is 18.8 Å². The fourth-order valence-corrected chi connectivity index (χ4v) is 4.20. The quantitative estimate of drug-likeness (QED) is 0.486. The number of rotatable bonds is 10. The molecule has 1 atom stereocenters. The molecule has 0 amide bonds. The number of ether oxygens (including phenoxy) is 2. The second kappa shape index (κ2) is 9.15. The molecule has 1 heterocycles. The molecule has 2 heteroatoms. The molecule has 0 spiro atoms. The maximum atomic E-state index is 6.87. The first-order valence-electron chi connectivity index (χ1n) is 9.46. The summed E-state index contributed by atoms with van der Waals surface area (Å²) in [6.07, 6.45) is 11.6. The standard InChI is InChI=1S/C19H38O2/c1-6-11-17-16-20-19(14-9-4,15-10-5)21-18(17,12-7-2)13-8-3/h17H,6-16H2,1-5H3. The van der Waals surface area contributed by atoms with Crippen molar-refractivity contribution in [3.05, 3.63) is 0 Å². The molecule has 2 nitrogen and oxygen atoms in total. The molecule has 1 rings (SSSR count). The maximum absolute atomic E-state index is 6.87. The summed E-state index contributed by atoms with van der Waals surface area (Å²) in [7, 11) is 0. The lowest BCUT2D eigenvalue weighted by molar-refractivity contribution is -0.357. The van der Waals surface area contributed by atoms with Crippen molar-refractivity contribution in [1.29, 1.82) is 0 Å². The van der Waals surface area contributed by atoms with Crippen LogP contribution in [0.25, 0.3) is 0 Å². The zero-order valence-electron chi connectivity index (χ0n) is 15.2. The molecule has 1 aliphatic rings. The van der Waals surface area contributed by atoms with Gasteiger partial charge in [-0.1, -0.05) is 66.7 Å². The second-order valence-electron chi connectivity index (χ2n) is 6.87. The molecule has 0 aromatic heterocycles. The Hall–Kier alpha value is -0.0800. The van der Waals surface area contributed by atoms with Gasteiger partial charge in [0.2, 0.25) is 0 Å². The van der Waals surface area contributed by atoms with E-state index in [1.165, 1.54) is 38.5 Å². The van der Waals surface area contributed by atoms with Crippen LogP contribution in [0.3, 0.4) is 0 Å². The van der Waals surface area contributed by atoms with Gasteiger partial charge >= 0.3 is 0 Å². The highest BCUT2D eigenvalue weighted by atomic mass is 16.7. The summed E-state index contributed by atoms with van der Waals surface area (Å²) in [5, 5.41) is 0. The van der Waals surface area contributed by atoms with E-state index in [0.717, 1.165) is 32.3 Å². The summed E-state index contributed by atoms with van der Waals surface area (Å²) in [6.45, 7) is 12.2. The Kier molecular flexibility index (Phi) is 8.26. The van der Waals surface area contributed by atoms with Crippen LogP contribution in [0.15, 0.2) is 0 Å². The largest absolute Gasteiger partial charge is 0.350 e. The Balaban J connectivity index is 3.01. The minimum atomic E-state index is -0.307. The summed E-state index contributed by atoms with van der Waals surface area (Å²) < 4.78 is 13.2. The summed E-state index contributed by atoms with van der Waals surface area (Å²) in [5.74, 6) is 0.266. The molecular weight excluding hydrogens is 260 g/mol. The van der Waals surface area contributed by atoms with E-state index in [1.807, 2.05) is 0 Å². The van der Waals surface area contributed by atoms with E-state index in [0.29, 0.717) is 5.92 Å². The average Bonchev–Trinajstić information content (AvgIpc) is 2.44. The third kappa shape index (κ3) is 4.69. The van der Waals surface area contributed by atoms with Crippen LogP contribution in [0.4, 0.5) is 0 Å². The highest BCUT2D eigenvalue weighted by Crippen LogP contribution is 2.46. The van der Waals surface area contributed by atoms with Gasteiger partial charge in [-0.05, 0) is 19.3 Å². The van der Waals surface area contributed by atoms with Crippen molar-refractivity contribution < 1.29 is 9.47 Å². The Morgan fingerprint density at radius 1 is 0.762 bits per heavy atom. The highest BCUT2D eigenvalue weighted by molar-refractivity contribution is 4.94. The van der Waals surface area contributed by atoms with Crippen LogP contribution in [-0.4, -0.2) is 18.0 Å². The van der Waals surface area contributed by atoms with Gasteiger partial charge in [-0.15, -0.1) is 0 Å². The average molecular weight is 299 g/mol. The minimum Gasteiger partial charge on any atom is -0.350 e. The number of hydrogen-bond acceptors (Lipinski definition) is 2. The molecule has 0 saturated carbocycles. The van der Waals surface area contributed by atoms with Gasteiger partial charge in [0.15, 0.2) is 5.79 Å². The molecule has 0 radical (unpaired) electrons. The van der Waals surface area contributed by atoms with Gasteiger partial charge in [0.25, 0.3) is 0 Å². The summed E-state index contributed by atoms with van der Waals surface area (Å²) in [5.41, 5.74) is 0.0576. The zero-order valence-corrected chi connectivity index (χ0v) is 15.2. The first-order valence-corrected chi connectivity index (χ1v) is 9.46. The van der Waals surface area contributed by atoms with Crippen LogP contribution in [0.5, 0.6) is 0 Å². The van der Waals surface area contributed by atoms with Crippen molar-refractivity contribution in [1.82, 2.24) is 0 Å². The van der Waals surface area contributed by atoms with E-state index in [9.17, 15) is 0 Å². The first kappa shape index (κ1) is 19.0. The van der Waals surface area contributed by atoms with Crippen molar-refractivity contribution in [3.8, 4) is 0 Å². The van der Waals surface area contributed by atoms with E-state index in [1.54, 1.807) is 0 Å². The van der Waals surface area contributed by atoms with Crippen LogP contribution in [0.1, 0.15) is 98.8 Å². The Morgan fingerprint density at radius 3 is 1.71 bits per heavy atom. The van der Waals surface area contributed by atoms with E-state index < -0.39 is 0 Å². The number of hydrogen-bond donors (Lipinski definition) is 0. The van der Waals surface area contributed by atoms with Crippen LogP contribution < -0.4 is 0 Å². The van der Waals surface area contributed by atoms with Gasteiger partial charge in [-0.25, -0.2) is 0 Å².